The predicted octanol–water partition coefficient (Wildman–Crippen LogP) is 4.89. The molecule has 1 amide bonds. The molecule has 1 heterocycles. The van der Waals surface area contributed by atoms with Crippen molar-refractivity contribution >= 4 is 44.6 Å². The molecule has 0 radical (unpaired) electrons. The SMILES string of the molecule is N#Cc1ccccc1Cn1cc(/C=N\NC(=O)CNc2ccc(Br)cc2)c2ccccc21. The lowest BCUT2D eigenvalue weighted by Gasteiger charge is -2.07. The first-order valence-electron chi connectivity index (χ1n) is 10.0. The van der Waals surface area contributed by atoms with Crippen LogP contribution in [0.2, 0.25) is 0 Å². The Balaban J connectivity index is 1.46. The zero-order chi connectivity index (χ0) is 22.3. The van der Waals surface area contributed by atoms with E-state index in [1.165, 1.54) is 0 Å². The zero-order valence-corrected chi connectivity index (χ0v) is 18.7. The Kier molecular flexibility index (Phi) is 6.63. The topological polar surface area (TPSA) is 82.2 Å². The predicted molar refractivity (Wildman–Crippen MR) is 131 cm³/mol. The van der Waals surface area contributed by atoms with Gasteiger partial charge in [0.05, 0.1) is 24.4 Å². The van der Waals surface area contributed by atoms with Gasteiger partial charge >= 0.3 is 0 Å². The third-order valence-electron chi connectivity index (χ3n) is 4.99. The van der Waals surface area contributed by atoms with E-state index in [-0.39, 0.29) is 12.5 Å². The number of hydrazone groups is 1. The van der Waals surface area contributed by atoms with Crippen LogP contribution in [-0.4, -0.2) is 23.2 Å². The Morgan fingerprint density at radius 3 is 2.62 bits per heavy atom. The summed E-state index contributed by atoms with van der Waals surface area (Å²) in [6, 6.07) is 25.4. The van der Waals surface area contributed by atoms with Crippen molar-refractivity contribution in [2.24, 2.45) is 5.10 Å². The van der Waals surface area contributed by atoms with Crippen LogP contribution >= 0.6 is 15.9 Å². The molecule has 0 aliphatic heterocycles. The smallest absolute Gasteiger partial charge is 0.259 e. The molecular formula is C25H20BrN5O. The second-order valence-electron chi connectivity index (χ2n) is 7.15. The average molecular weight is 486 g/mol. The van der Waals surface area contributed by atoms with E-state index in [1.807, 2.05) is 79.0 Å². The summed E-state index contributed by atoms with van der Waals surface area (Å²) in [6.07, 6.45) is 3.63. The summed E-state index contributed by atoms with van der Waals surface area (Å²) in [6.45, 7) is 0.688. The van der Waals surface area contributed by atoms with Crippen LogP contribution in [0.15, 0.2) is 88.6 Å². The molecule has 0 saturated heterocycles. The highest BCUT2D eigenvalue weighted by atomic mass is 79.9. The Hall–Kier alpha value is -3.89. The fourth-order valence-electron chi connectivity index (χ4n) is 3.42. The molecule has 0 fully saturated rings. The number of amides is 1. The summed E-state index contributed by atoms with van der Waals surface area (Å²) >= 11 is 3.38. The number of fused-ring (bicyclic) bond motifs is 1. The van der Waals surface area contributed by atoms with E-state index >= 15 is 0 Å². The number of rotatable bonds is 7. The van der Waals surface area contributed by atoms with Gasteiger partial charge in [-0.1, -0.05) is 52.3 Å². The Bertz CT molecular complexity index is 1320. The number of hydrogen-bond acceptors (Lipinski definition) is 4. The van der Waals surface area contributed by atoms with E-state index in [2.05, 4.69) is 42.4 Å². The molecule has 0 aliphatic carbocycles. The summed E-state index contributed by atoms with van der Waals surface area (Å²) < 4.78 is 3.07. The van der Waals surface area contributed by atoms with Gasteiger partial charge in [-0.15, -0.1) is 0 Å². The van der Waals surface area contributed by atoms with Crippen LogP contribution < -0.4 is 10.7 Å². The summed E-state index contributed by atoms with van der Waals surface area (Å²) in [5.41, 5.74) is 6.94. The van der Waals surface area contributed by atoms with Gasteiger partial charge in [-0.3, -0.25) is 4.79 Å². The molecule has 0 aliphatic rings. The number of hydrogen-bond donors (Lipinski definition) is 2. The van der Waals surface area contributed by atoms with Gasteiger partial charge in [0.1, 0.15) is 0 Å². The van der Waals surface area contributed by atoms with Gasteiger partial charge in [-0.05, 0) is 42.0 Å². The van der Waals surface area contributed by atoms with E-state index in [0.29, 0.717) is 12.1 Å². The van der Waals surface area contributed by atoms with Crippen LogP contribution in [-0.2, 0) is 11.3 Å². The lowest BCUT2D eigenvalue weighted by atomic mass is 10.1. The van der Waals surface area contributed by atoms with E-state index in [1.54, 1.807) is 6.21 Å². The van der Waals surface area contributed by atoms with Gasteiger partial charge in [0, 0.05) is 39.4 Å². The molecule has 6 nitrogen and oxygen atoms in total. The van der Waals surface area contributed by atoms with E-state index < -0.39 is 0 Å². The van der Waals surface area contributed by atoms with Crippen LogP contribution in [0, 0.1) is 11.3 Å². The maximum Gasteiger partial charge on any atom is 0.259 e. The van der Waals surface area contributed by atoms with Crippen LogP contribution in [0.1, 0.15) is 16.7 Å². The third kappa shape index (κ3) is 5.05. The van der Waals surface area contributed by atoms with E-state index in [9.17, 15) is 10.1 Å². The van der Waals surface area contributed by atoms with Crippen molar-refractivity contribution in [1.29, 1.82) is 5.26 Å². The number of nitriles is 1. The lowest BCUT2D eigenvalue weighted by Crippen LogP contribution is -2.25. The van der Waals surface area contributed by atoms with Gasteiger partial charge in [0.15, 0.2) is 0 Å². The van der Waals surface area contributed by atoms with Crippen molar-refractivity contribution in [2.45, 2.75) is 6.54 Å². The minimum atomic E-state index is -0.240. The van der Waals surface area contributed by atoms with Crippen molar-refractivity contribution in [3.8, 4) is 6.07 Å². The molecule has 1 aromatic heterocycles. The molecule has 4 rings (SSSR count). The first-order valence-corrected chi connectivity index (χ1v) is 10.8. The van der Waals surface area contributed by atoms with Crippen molar-refractivity contribution in [2.75, 3.05) is 11.9 Å². The van der Waals surface area contributed by atoms with Crippen molar-refractivity contribution in [3.05, 3.63) is 100 Å². The standard InChI is InChI=1S/C25H20BrN5O/c26-21-9-11-22(12-10-21)28-15-25(32)30-29-14-20-17-31(24-8-4-3-7-23(20)24)16-19-6-2-1-5-18(19)13-27/h1-12,14,17,28H,15-16H2,(H,30,32)/b29-14-. The highest BCUT2D eigenvalue weighted by Gasteiger charge is 2.09. The summed E-state index contributed by atoms with van der Waals surface area (Å²) in [7, 11) is 0. The second-order valence-corrected chi connectivity index (χ2v) is 8.07. The fraction of sp³-hybridized carbons (Fsp3) is 0.0800. The molecule has 0 atom stereocenters. The van der Waals surface area contributed by atoms with Crippen LogP contribution in [0.5, 0.6) is 0 Å². The number of para-hydroxylation sites is 1. The lowest BCUT2D eigenvalue weighted by molar-refractivity contribution is -0.119. The van der Waals surface area contributed by atoms with Gasteiger partial charge in [0.2, 0.25) is 0 Å². The number of carbonyl (C=O) groups is 1. The maximum atomic E-state index is 12.1. The second kappa shape index (κ2) is 9.94. The first kappa shape index (κ1) is 21.3. The number of nitrogens with zero attached hydrogens (tertiary/aromatic N) is 3. The number of aromatic nitrogens is 1. The van der Waals surface area contributed by atoms with Gasteiger partial charge < -0.3 is 9.88 Å². The summed E-state index contributed by atoms with van der Waals surface area (Å²) in [5.74, 6) is -0.240. The van der Waals surface area contributed by atoms with E-state index in [0.717, 1.165) is 32.2 Å². The molecule has 0 unspecified atom stereocenters. The molecule has 0 saturated carbocycles. The Labute approximate surface area is 194 Å². The monoisotopic (exact) mass is 485 g/mol. The van der Waals surface area contributed by atoms with Gasteiger partial charge in [-0.25, -0.2) is 5.43 Å². The number of nitrogens with one attached hydrogen (secondary N) is 2. The highest BCUT2D eigenvalue weighted by Crippen LogP contribution is 2.22. The average Bonchev–Trinajstić information content (AvgIpc) is 3.16. The van der Waals surface area contributed by atoms with Crippen LogP contribution in [0.4, 0.5) is 5.69 Å². The minimum Gasteiger partial charge on any atom is -0.376 e. The molecule has 158 valence electrons. The van der Waals surface area contributed by atoms with Gasteiger partial charge in [-0.2, -0.15) is 10.4 Å². The number of anilines is 1. The molecule has 0 bridgehead atoms. The molecular weight excluding hydrogens is 466 g/mol. The minimum absolute atomic E-state index is 0.117. The van der Waals surface area contributed by atoms with E-state index in [4.69, 9.17) is 0 Å². The number of halogens is 1. The summed E-state index contributed by atoms with van der Waals surface area (Å²) in [4.78, 5) is 12.1. The molecule has 32 heavy (non-hydrogen) atoms. The normalized spacial score (nSPS) is 10.9. The number of carbonyl (C=O) groups excluding carboxylic acids is 1. The zero-order valence-electron chi connectivity index (χ0n) is 17.1. The Morgan fingerprint density at radius 2 is 1.81 bits per heavy atom. The summed E-state index contributed by atoms with van der Waals surface area (Å²) in [5, 5.41) is 17.6. The Morgan fingerprint density at radius 1 is 1.06 bits per heavy atom. The quantitative estimate of drug-likeness (QED) is 0.289. The molecule has 4 aromatic rings. The molecule has 3 aromatic carbocycles. The van der Waals surface area contributed by atoms with Crippen LogP contribution in [0.3, 0.4) is 0 Å². The third-order valence-corrected chi connectivity index (χ3v) is 5.52. The van der Waals surface area contributed by atoms with Crippen molar-refractivity contribution < 1.29 is 4.79 Å². The van der Waals surface area contributed by atoms with Crippen LogP contribution in [0.25, 0.3) is 10.9 Å². The number of benzene rings is 3. The molecule has 2 N–H and O–H groups in total. The maximum absolute atomic E-state index is 12.1. The highest BCUT2D eigenvalue weighted by molar-refractivity contribution is 9.10. The fourth-order valence-corrected chi connectivity index (χ4v) is 3.69. The van der Waals surface area contributed by atoms with Crippen molar-refractivity contribution in [1.82, 2.24) is 9.99 Å². The van der Waals surface area contributed by atoms with Gasteiger partial charge in [0.25, 0.3) is 5.91 Å². The largest absolute Gasteiger partial charge is 0.376 e. The molecule has 0 spiro atoms. The molecule has 7 heteroatoms. The van der Waals surface area contributed by atoms with Crippen molar-refractivity contribution in [3.63, 3.8) is 0 Å². The first-order chi connectivity index (χ1) is 15.6.